The smallest absolute Gasteiger partial charge is 0.0693 e. The van der Waals surface area contributed by atoms with Crippen LogP contribution >= 0.6 is 23.2 Å². The van der Waals surface area contributed by atoms with E-state index in [4.69, 9.17) is 23.2 Å². The predicted octanol–water partition coefficient (Wildman–Crippen LogP) is 4.48. The number of hydrogen-bond donors (Lipinski definition) is 1. The van der Waals surface area contributed by atoms with Gasteiger partial charge in [-0.1, -0.05) is 43.1 Å². The second-order valence-corrected chi connectivity index (χ2v) is 6.80. The average molecular weight is 273 g/mol. The molecule has 0 amide bonds. The molecule has 1 atom stereocenters. The van der Waals surface area contributed by atoms with Crippen molar-refractivity contribution >= 4 is 23.2 Å². The third-order valence-electron chi connectivity index (χ3n) is 3.59. The molecular weight excluding hydrogens is 255 g/mol. The lowest BCUT2D eigenvalue weighted by Gasteiger charge is -2.25. The van der Waals surface area contributed by atoms with Crippen molar-refractivity contribution in [3.8, 4) is 0 Å². The quantitative estimate of drug-likeness (QED) is 0.842. The fourth-order valence-corrected chi connectivity index (χ4v) is 3.14. The van der Waals surface area contributed by atoms with Gasteiger partial charge in [0.25, 0.3) is 0 Å². The molecule has 2 rings (SSSR count). The van der Waals surface area contributed by atoms with Crippen molar-refractivity contribution in [3.63, 3.8) is 0 Å². The summed E-state index contributed by atoms with van der Waals surface area (Å²) in [5.74, 6) is 0. The van der Waals surface area contributed by atoms with Crippen molar-refractivity contribution in [1.82, 2.24) is 0 Å². The maximum Gasteiger partial charge on any atom is 0.0693 e. The average Bonchev–Trinajstić information content (AvgIpc) is 2.47. The van der Waals surface area contributed by atoms with Crippen LogP contribution in [-0.2, 0) is 6.42 Å². The van der Waals surface area contributed by atoms with Crippen molar-refractivity contribution in [1.29, 1.82) is 0 Å². The molecule has 1 N–H and O–H groups in total. The first-order chi connectivity index (χ1) is 7.80. The Bertz CT molecular complexity index is 428. The van der Waals surface area contributed by atoms with E-state index in [1.807, 2.05) is 12.1 Å². The topological polar surface area (TPSA) is 20.2 Å². The normalized spacial score (nSPS) is 27.4. The summed E-state index contributed by atoms with van der Waals surface area (Å²) in [5, 5.41) is 11.7. The van der Waals surface area contributed by atoms with Gasteiger partial charge in [-0.25, -0.2) is 0 Å². The maximum atomic E-state index is 10.6. The molecule has 94 valence electrons. The highest BCUT2D eigenvalue weighted by atomic mass is 35.5. The Morgan fingerprint density at radius 3 is 2.41 bits per heavy atom. The van der Waals surface area contributed by atoms with Gasteiger partial charge in [0.05, 0.1) is 15.6 Å². The first kappa shape index (κ1) is 13.2. The molecule has 1 unspecified atom stereocenters. The Morgan fingerprint density at radius 2 is 1.88 bits per heavy atom. The van der Waals surface area contributed by atoms with Crippen LogP contribution in [0.3, 0.4) is 0 Å². The number of benzene rings is 1. The molecule has 1 aromatic carbocycles. The third kappa shape index (κ3) is 3.15. The first-order valence-corrected chi connectivity index (χ1v) is 6.72. The van der Waals surface area contributed by atoms with Crippen LogP contribution in [0.15, 0.2) is 18.2 Å². The van der Waals surface area contributed by atoms with E-state index >= 15 is 0 Å². The van der Waals surface area contributed by atoms with Gasteiger partial charge >= 0.3 is 0 Å². The Hall–Kier alpha value is -0.240. The molecule has 0 aromatic heterocycles. The minimum absolute atomic E-state index is 0.241. The number of aliphatic hydroxyl groups is 1. The minimum atomic E-state index is -0.583. The van der Waals surface area contributed by atoms with E-state index in [9.17, 15) is 5.11 Å². The van der Waals surface area contributed by atoms with E-state index in [-0.39, 0.29) is 5.41 Å². The molecule has 17 heavy (non-hydrogen) atoms. The van der Waals surface area contributed by atoms with Gasteiger partial charge in [0.15, 0.2) is 0 Å². The maximum absolute atomic E-state index is 10.6. The molecule has 3 heteroatoms. The van der Waals surface area contributed by atoms with E-state index in [0.717, 1.165) is 24.8 Å². The van der Waals surface area contributed by atoms with E-state index in [1.165, 1.54) is 0 Å². The fraction of sp³-hybridized carbons (Fsp3) is 0.571. The van der Waals surface area contributed by atoms with Crippen LogP contribution in [0.4, 0.5) is 0 Å². The van der Waals surface area contributed by atoms with Crippen molar-refractivity contribution in [3.05, 3.63) is 33.8 Å². The van der Waals surface area contributed by atoms with Gasteiger partial charge in [0, 0.05) is 6.42 Å². The Labute approximate surface area is 113 Å². The molecule has 1 fully saturated rings. The van der Waals surface area contributed by atoms with Gasteiger partial charge in [-0.3, -0.25) is 0 Å². The number of rotatable bonds is 2. The monoisotopic (exact) mass is 272 g/mol. The Balaban J connectivity index is 2.13. The molecule has 0 spiro atoms. The van der Waals surface area contributed by atoms with E-state index < -0.39 is 5.60 Å². The molecule has 1 aliphatic rings. The zero-order valence-electron chi connectivity index (χ0n) is 10.3. The van der Waals surface area contributed by atoms with E-state index in [2.05, 4.69) is 13.8 Å². The van der Waals surface area contributed by atoms with Crippen molar-refractivity contribution < 1.29 is 5.11 Å². The second kappa shape index (κ2) is 4.46. The number of hydrogen-bond acceptors (Lipinski definition) is 1. The van der Waals surface area contributed by atoms with Gasteiger partial charge in [-0.2, -0.15) is 0 Å². The zero-order chi connectivity index (χ0) is 12.7. The summed E-state index contributed by atoms with van der Waals surface area (Å²) >= 11 is 11.9. The van der Waals surface area contributed by atoms with Gasteiger partial charge in [0.2, 0.25) is 0 Å². The van der Waals surface area contributed by atoms with Crippen LogP contribution in [0.5, 0.6) is 0 Å². The second-order valence-electron chi connectivity index (χ2n) is 5.99. The fourth-order valence-electron chi connectivity index (χ4n) is 2.82. The summed E-state index contributed by atoms with van der Waals surface area (Å²) in [6.07, 6.45) is 3.44. The van der Waals surface area contributed by atoms with Gasteiger partial charge in [-0.15, -0.1) is 0 Å². The standard InChI is InChI=1S/C14H18Cl2O/c1-13(2)5-6-14(17,9-13)8-10-3-4-11(15)12(16)7-10/h3-4,7,17H,5-6,8-9H2,1-2H3. The summed E-state index contributed by atoms with van der Waals surface area (Å²) in [4.78, 5) is 0. The lowest BCUT2D eigenvalue weighted by Crippen LogP contribution is -2.29. The van der Waals surface area contributed by atoms with Crippen molar-refractivity contribution in [2.24, 2.45) is 5.41 Å². The summed E-state index contributed by atoms with van der Waals surface area (Å²) in [5.41, 5.74) is 0.714. The highest BCUT2D eigenvalue weighted by Crippen LogP contribution is 2.45. The van der Waals surface area contributed by atoms with E-state index in [0.29, 0.717) is 16.5 Å². The van der Waals surface area contributed by atoms with Crippen molar-refractivity contribution in [2.75, 3.05) is 0 Å². The highest BCUT2D eigenvalue weighted by molar-refractivity contribution is 6.42. The summed E-state index contributed by atoms with van der Waals surface area (Å²) in [7, 11) is 0. The summed E-state index contributed by atoms with van der Waals surface area (Å²) < 4.78 is 0. The highest BCUT2D eigenvalue weighted by Gasteiger charge is 2.41. The molecule has 1 nitrogen and oxygen atoms in total. The molecule has 1 aliphatic carbocycles. The van der Waals surface area contributed by atoms with Gasteiger partial charge < -0.3 is 5.11 Å². The molecule has 1 aromatic rings. The number of halogens is 2. The van der Waals surface area contributed by atoms with Crippen LogP contribution in [0.25, 0.3) is 0 Å². The third-order valence-corrected chi connectivity index (χ3v) is 4.33. The Morgan fingerprint density at radius 1 is 1.18 bits per heavy atom. The molecule has 0 bridgehead atoms. The molecule has 0 heterocycles. The largest absolute Gasteiger partial charge is 0.390 e. The van der Waals surface area contributed by atoms with E-state index in [1.54, 1.807) is 6.07 Å². The SMILES string of the molecule is CC1(C)CCC(O)(Cc2ccc(Cl)c(Cl)c2)C1. The molecule has 0 radical (unpaired) electrons. The predicted molar refractivity (Wildman–Crippen MR) is 72.7 cm³/mol. The summed E-state index contributed by atoms with van der Waals surface area (Å²) in [6.45, 7) is 4.42. The minimum Gasteiger partial charge on any atom is -0.390 e. The van der Waals surface area contributed by atoms with Gasteiger partial charge in [0.1, 0.15) is 0 Å². The van der Waals surface area contributed by atoms with Crippen molar-refractivity contribution in [2.45, 2.75) is 45.1 Å². The van der Waals surface area contributed by atoms with Crippen LogP contribution in [0.2, 0.25) is 10.0 Å². The lowest BCUT2D eigenvalue weighted by atomic mass is 9.86. The first-order valence-electron chi connectivity index (χ1n) is 5.96. The zero-order valence-corrected chi connectivity index (χ0v) is 11.8. The van der Waals surface area contributed by atoms with Crippen LogP contribution in [-0.4, -0.2) is 10.7 Å². The van der Waals surface area contributed by atoms with Crippen LogP contribution in [0, 0.1) is 5.41 Å². The van der Waals surface area contributed by atoms with Crippen LogP contribution in [0.1, 0.15) is 38.7 Å². The molecular formula is C14H18Cl2O. The lowest BCUT2D eigenvalue weighted by molar-refractivity contribution is 0.0379. The molecule has 0 aliphatic heterocycles. The molecule has 0 saturated heterocycles. The summed E-state index contributed by atoms with van der Waals surface area (Å²) in [6, 6.07) is 5.59. The Kier molecular flexibility index (Phi) is 3.46. The van der Waals surface area contributed by atoms with Crippen LogP contribution < -0.4 is 0 Å². The molecule has 1 saturated carbocycles. The van der Waals surface area contributed by atoms with Gasteiger partial charge in [-0.05, 0) is 42.4 Å².